The molecule has 0 saturated heterocycles. The summed E-state index contributed by atoms with van der Waals surface area (Å²) in [6, 6.07) is 0. The highest BCUT2D eigenvalue weighted by atomic mass is 16.2. The Balaban J connectivity index is 2.27. The Hall–Kier alpha value is -0.570. The van der Waals surface area contributed by atoms with Crippen molar-refractivity contribution >= 4 is 5.91 Å². The summed E-state index contributed by atoms with van der Waals surface area (Å²) < 4.78 is 0. The molecule has 3 nitrogen and oxygen atoms in total. The third kappa shape index (κ3) is 3.82. The maximum absolute atomic E-state index is 11.8. The summed E-state index contributed by atoms with van der Waals surface area (Å²) in [5, 5.41) is 6.21. The van der Waals surface area contributed by atoms with Crippen molar-refractivity contribution in [3.63, 3.8) is 0 Å². The van der Waals surface area contributed by atoms with Crippen LogP contribution in [0.15, 0.2) is 0 Å². The van der Waals surface area contributed by atoms with Crippen LogP contribution >= 0.6 is 0 Å². The first-order chi connectivity index (χ1) is 6.97. The molecule has 0 aliphatic heterocycles. The second-order valence-corrected chi connectivity index (χ2v) is 5.18. The molecule has 1 atom stereocenters. The van der Waals surface area contributed by atoms with Crippen LogP contribution in [-0.2, 0) is 4.79 Å². The van der Waals surface area contributed by atoms with E-state index in [1.54, 1.807) is 0 Å². The Kier molecular flexibility index (Phi) is 4.14. The first-order valence-corrected chi connectivity index (χ1v) is 6.00. The summed E-state index contributed by atoms with van der Waals surface area (Å²) in [7, 11) is 0. The average Bonchev–Trinajstić information content (AvgIpc) is 2.96. The second-order valence-electron chi connectivity index (χ2n) is 5.18. The average molecular weight is 212 g/mol. The molecule has 1 unspecified atom stereocenters. The normalized spacial score (nSPS) is 18.7. The van der Waals surface area contributed by atoms with E-state index < -0.39 is 5.54 Å². The molecule has 15 heavy (non-hydrogen) atoms. The van der Waals surface area contributed by atoms with Crippen molar-refractivity contribution in [3.05, 3.63) is 0 Å². The zero-order chi connectivity index (χ0) is 11.5. The number of amides is 1. The molecule has 0 aromatic rings. The maximum atomic E-state index is 11.8. The molecular weight excluding hydrogens is 188 g/mol. The molecule has 0 spiro atoms. The minimum Gasteiger partial charge on any atom is -0.354 e. The Morgan fingerprint density at radius 3 is 2.53 bits per heavy atom. The maximum Gasteiger partial charge on any atom is 0.239 e. The summed E-state index contributed by atoms with van der Waals surface area (Å²) in [6.45, 7) is 9.72. The third-order valence-corrected chi connectivity index (χ3v) is 3.20. The molecule has 0 radical (unpaired) electrons. The predicted octanol–water partition coefficient (Wildman–Crippen LogP) is 1.54. The van der Waals surface area contributed by atoms with Crippen LogP contribution in [0.5, 0.6) is 0 Å². The van der Waals surface area contributed by atoms with Crippen LogP contribution in [0.25, 0.3) is 0 Å². The molecule has 1 aliphatic rings. The van der Waals surface area contributed by atoms with Crippen molar-refractivity contribution in [2.24, 2.45) is 11.8 Å². The number of hydrogen-bond acceptors (Lipinski definition) is 2. The SMILES string of the molecule is CCNC(C)(C)C(=O)NCC(C)C1CC1. The van der Waals surface area contributed by atoms with Crippen molar-refractivity contribution in [2.75, 3.05) is 13.1 Å². The fourth-order valence-corrected chi connectivity index (χ4v) is 1.83. The van der Waals surface area contributed by atoms with Crippen LogP contribution in [0, 0.1) is 11.8 Å². The number of nitrogens with one attached hydrogen (secondary N) is 2. The molecule has 1 amide bonds. The highest BCUT2D eigenvalue weighted by Crippen LogP contribution is 2.36. The minimum absolute atomic E-state index is 0.108. The molecule has 1 fully saturated rings. The number of rotatable bonds is 6. The van der Waals surface area contributed by atoms with Gasteiger partial charge in [0.2, 0.25) is 5.91 Å². The van der Waals surface area contributed by atoms with Gasteiger partial charge in [-0.25, -0.2) is 0 Å². The molecule has 0 aromatic carbocycles. The molecule has 1 aliphatic carbocycles. The quantitative estimate of drug-likeness (QED) is 0.701. The molecule has 0 heterocycles. The van der Waals surface area contributed by atoms with E-state index in [0.717, 1.165) is 19.0 Å². The zero-order valence-electron chi connectivity index (χ0n) is 10.4. The fraction of sp³-hybridized carbons (Fsp3) is 0.917. The van der Waals surface area contributed by atoms with Gasteiger partial charge in [-0.3, -0.25) is 4.79 Å². The highest BCUT2D eigenvalue weighted by Gasteiger charge is 2.30. The molecular formula is C12H24N2O. The van der Waals surface area contributed by atoms with Gasteiger partial charge in [0.15, 0.2) is 0 Å². The van der Waals surface area contributed by atoms with Gasteiger partial charge in [0.05, 0.1) is 5.54 Å². The van der Waals surface area contributed by atoms with Crippen molar-refractivity contribution in [2.45, 2.75) is 46.1 Å². The molecule has 88 valence electrons. The van der Waals surface area contributed by atoms with Gasteiger partial charge >= 0.3 is 0 Å². The number of carbonyl (C=O) groups excluding carboxylic acids is 1. The predicted molar refractivity (Wildman–Crippen MR) is 62.7 cm³/mol. The molecule has 1 saturated carbocycles. The lowest BCUT2D eigenvalue weighted by Gasteiger charge is -2.25. The van der Waals surface area contributed by atoms with Crippen molar-refractivity contribution in [1.29, 1.82) is 0 Å². The second kappa shape index (κ2) is 4.97. The Labute approximate surface area is 93.0 Å². The first-order valence-electron chi connectivity index (χ1n) is 6.00. The van der Waals surface area contributed by atoms with Gasteiger partial charge < -0.3 is 10.6 Å². The van der Waals surface area contributed by atoms with Crippen LogP contribution in [0.1, 0.15) is 40.5 Å². The van der Waals surface area contributed by atoms with E-state index in [-0.39, 0.29) is 5.91 Å². The van der Waals surface area contributed by atoms with E-state index in [4.69, 9.17) is 0 Å². The molecule has 1 rings (SSSR count). The number of hydrogen-bond donors (Lipinski definition) is 2. The van der Waals surface area contributed by atoms with Gasteiger partial charge in [0.1, 0.15) is 0 Å². The molecule has 2 N–H and O–H groups in total. The lowest BCUT2D eigenvalue weighted by Crippen LogP contribution is -2.53. The summed E-state index contributed by atoms with van der Waals surface area (Å²) in [4.78, 5) is 11.8. The standard InChI is InChI=1S/C12H24N2O/c1-5-14-12(3,4)11(15)13-8-9(2)10-6-7-10/h9-10,14H,5-8H2,1-4H3,(H,13,15). The van der Waals surface area contributed by atoms with Crippen LogP contribution < -0.4 is 10.6 Å². The van der Waals surface area contributed by atoms with Crippen LogP contribution in [0.3, 0.4) is 0 Å². The van der Waals surface area contributed by atoms with Crippen LogP contribution in [-0.4, -0.2) is 24.5 Å². The minimum atomic E-state index is -0.446. The molecule has 0 bridgehead atoms. The summed E-state index contributed by atoms with van der Waals surface area (Å²) >= 11 is 0. The van der Waals surface area contributed by atoms with Crippen molar-refractivity contribution in [3.8, 4) is 0 Å². The first kappa shape index (κ1) is 12.5. The van der Waals surface area contributed by atoms with E-state index >= 15 is 0 Å². The highest BCUT2D eigenvalue weighted by molar-refractivity contribution is 5.85. The monoisotopic (exact) mass is 212 g/mol. The third-order valence-electron chi connectivity index (χ3n) is 3.20. The largest absolute Gasteiger partial charge is 0.354 e. The molecule has 0 aromatic heterocycles. The van der Waals surface area contributed by atoms with Gasteiger partial charge in [-0.05, 0) is 45.1 Å². The Morgan fingerprint density at radius 2 is 2.07 bits per heavy atom. The Morgan fingerprint density at radius 1 is 1.47 bits per heavy atom. The van der Waals surface area contributed by atoms with E-state index in [0.29, 0.717) is 5.92 Å². The summed E-state index contributed by atoms with van der Waals surface area (Å²) in [5.74, 6) is 1.59. The van der Waals surface area contributed by atoms with Crippen LogP contribution in [0.2, 0.25) is 0 Å². The smallest absolute Gasteiger partial charge is 0.239 e. The molecule has 3 heteroatoms. The zero-order valence-corrected chi connectivity index (χ0v) is 10.4. The van der Waals surface area contributed by atoms with Crippen molar-refractivity contribution < 1.29 is 4.79 Å². The van der Waals surface area contributed by atoms with Crippen molar-refractivity contribution in [1.82, 2.24) is 10.6 Å². The van der Waals surface area contributed by atoms with Gasteiger partial charge in [-0.2, -0.15) is 0 Å². The van der Waals surface area contributed by atoms with Gasteiger partial charge in [-0.1, -0.05) is 13.8 Å². The van der Waals surface area contributed by atoms with Gasteiger partial charge in [0, 0.05) is 6.54 Å². The van der Waals surface area contributed by atoms with Gasteiger partial charge in [-0.15, -0.1) is 0 Å². The van der Waals surface area contributed by atoms with E-state index in [2.05, 4.69) is 17.6 Å². The van der Waals surface area contributed by atoms with E-state index in [9.17, 15) is 4.79 Å². The van der Waals surface area contributed by atoms with Gasteiger partial charge in [0.25, 0.3) is 0 Å². The van der Waals surface area contributed by atoms with E-state index in [1.165, 1.54) is 12.8 Å². The summed E-state index contributed by atoms with van der Waals surface area (Å²) in [6.07, 6.45) is 2.68. The lowest BCUT2D eigenvalue weighted by molar-refractivity contribution is -0.126. The lowest BCUT2D eigenvalue weighted by atomic mass is 10.0. The number of likely N-dealkylation sites (N-methyl/N-ethyl adjacent to an activating group) is 1. The Bertz CT molecular complexity index is 222. The summed E-state index contributed by atoms with van der Waals surface area (Å²) in [5.41, 5.74) is -0.446. The van der Waals surface area contributed by atoms with Crippen LogP contribution in [0.4, 0.5) is 0 Å². The number of carbonyl (C=O) groups is 1. The fourth-order valence-electron chi connectivity index (χ4n) is 1.83. The van der Waals surface area contributed by atoms with E-state index in [1.807, 2.05) is 20.8 Å². The topological polar surface area (TPSA) is 41.1 Å².